The summed E-state index contributed by atoms with van der Waals surface area (Å²) in [7, 11) is 0. The lowest BCUT2D eigenvalue weighted by molar-refractivity contribution is 0.0239. The number of halogens is 2. The summed E-state index contributed by atoms with van der Waals surface area (Å²) in [6, 6.07) is 5.00. The second-order valence-electron chi connectivity index (χ2n) is 2.91. The van der Waals surface area contributed by atoms with Gasteiger partial charge in [0.25, 0.3) is 0 Å². The average molecular weight is 281 g/mol. The minimum atomic E-state index is -1.02. The van der Waals surface area contributed by atoms with E-state index in [0.29, 0.717) is 15.1 Å². The van der Waals surface area contributed by atoms with Crippen LogP contribution < -0.4 is 5.73 Å². The molecule has 3 nitrogen and oxygen atoms in total. The first-order valence-corrected chi connectivity index (χ1v) is 5.24. The van der Waals surface area contributed by atoms with E-state index in [9.17, 15) is 10.2 Å². The lowest BCUT2D eigenvalue weighted by Crippen LogP contribution is -2.27. The normalized spacial score (nSPS) is 15.2. The zero-order chi connectivity index (χ0) is 10.7. The van der Waals surface area contributed by atoms with E-state index in [2.05, 4.69) is 15.9 Å². The fourth-order valence-electron chi connectivity index (χ4n) is 1.08. The van der Waals surface area contributed by atoms with Gasteiger partial charge in [0.2, 0.25) is 0 Å². The molecular formula is C9H11BrClNO2. The van der Waals surface area contributed by atoms with Crippen LogP contribution >= 0.6 is 27.5 Å². The van der Waals surface area contributed by atoms with Crippen LogP contribution in [-0.4, -0.2) is 22.9 Å². The lowest BCUT2D eigenvalue weighted by atomic mass is 10.0. The van der Waals surface area contributed by atoms with Crippen molar-refractivity contribution in [3.63, 3.8) is 0 Å². The summed E-state index contributed by atoms with van der Waals surface area (Å²) in [5, 5.41) is 19.5. The number of hydrogen-bond acceptors (Lipinski definition) is 3. The monoisotopic (exact) mass is 279 g/mol. The summed E-state index contributed by atoms with van der Waals surface area (Å²) in [4.78, 5) is 0. The van der Waals surface area contributed by atoms with Crippen molar-refractivity contribution in [3.05, 3.63) is 33.3 Å². The molecule has 4 N–H and O–H groups in total. The molecule has 0 fully saturated rings. The second-order valence-corrected chi connectivity index (χ2v) is 4.20. The van der Waals surface area contributed by atoms with Crippen molar-refractivity contribution in [1.82, 2.24) is 0 Å². The van der Waals surface area contributed by atoms with Crippen molar-refractivity contribution in [2.45, 2.75) is 12.2 Å². The highest BCUT2D eigenvalue weighted by Gasteiger charge is 2.19. The minimum Gasteiger partial charge on any atom is -0.389 e. The van der Waals surface area contributed by atoms with E-state index in [1.54, 1.807) is 18.2 Å². The highest BCUT2D eigenvalue weighted by Crippen LogP contribution is 2.28. The molecule has 14 heavy (non-hydrogen) atoms. The highest BCUT2D eigenvalue weighted by molar-refractivity contribution is 9.10. The fourth-order valence-corrected chi connectivity index (χ4v) is 1.74. The van der Waals surface area contributed by atoms with Crippen molar-refractivity contribution in [1.29, 1.82) is 0 Å². The molecule has 0 aliphatic heterocycles. The Morgan fingerprint density at radius 2 is 2.07 bits per heavy atom. The van der Waals surface area contributed by atoms with Crippen LogP contribution in [0, 0.1) is 0 Å². The van der Waals surface area contributed by atoms with Gasteiger partial charge < -0.3 is 15.9 Å². The van der Waals surface area contributed by atoms with E-state index in [0.717, 1.165) is 0 Å². The predicted molar refractivity (Wildman–Crippen MR) is 59.2 cm³/mol. The number of aliphatic hydroxyl groups is 2. The SMILES string of the molecule is NCC(O)C(O)c1cc(Cl)ccc1Br. The van der Waals surface area contributed by atoms with Crippen molar-refractivity contribution in [2.75, 3.05) is 6.54 Å². The molecule has 0 heterocycles. The van der Waals surface area contributed by atoms with Crippen LogP contribution in [0.3, 0.4) is 0 Å². The maximum Gasteiger partial charge on any atom is 0.107 e. The molecular weight excluding hydrogens is 269 g/mol. The first-order valence-electron chi connectivity index (χ1n) is 4.07. The molecule has 5 heteroatoms. The molecule has 2 unspecified atom stereocenters. The van der Waals surface area contributed by atoms with E-state index in [-0.39, 0.29) is 6.54 Å². The highest BCUT2D eigenvalue weighted by atomic mass is 79.9. The molecule has 0 bridgehead atoms. The van der Waals surface area contributed by atoms with Crippen LogP contribution in [0.15, 0.2) is 22.7 Å². The third kappa shape index (κ3) is 2.68. The molecule has 0 spiro atoms. The van der Waals surface area contributed by atoms with Crippen molar-refractivity contribution >= 4 is 27.5 Å². The summed E-state index contributed by atoms with van der Waals surface area (Å²) < 4.78 is 0.696. The maximum absolute atomic E-state index is 9.68. The first-order chi connectivity index (χ1) is 6.56. The third-order valence-corrected chi connectivity index (χ3v) is 2.84. The molecule has 1 aromatic rings. The second kappa shape index (κ2) is 5.09. The van der Waals surface area contributed by atoms with Gasteiger partial charge in [-0.15, -0.1) is 0 Å². The fraction of sp³-hybridized carbons (Fsp3) is 0.333. The summed E-state index contributed by atoms with van der Waals surface area (Å²) in [5.41, 5.74) is 5.78. The van der Waals surface area contributed by atoms with E-state index < -0.39 is 12.2 Å². The van der Waals surface area contributed by atoms with Gasteiger partial charge in [0.05, 0.1) is 6.10 Å². The van der Waals surface area contributed by atoms with Gasteiger partial charge in [0.15, 0.2) is 0 Å². The summed E-state index contributed by atoms with van der Waals surface area (Å²) in [6.45, 7) is 0.000119. The smallest absolute Gasteiger partial charge is 0.107 e. The molecule has 0 aromatic heterocycles. The van der Waals surface area contributed by atoms with Gasteiger partial charge in [0.1, 0.15) is 6.10 Å². The molecule has 0 saturated carbocycles. The predicted octanol–water partition coefficient (Wildman–Crippen LogP) is 1.46. The van der Waals surface area contributed by atoms with Gasteiger partial charge in [-0.1, -0.05) is 27.5 Å². The molecule has 0 aliphatic rings. The molecule has 0 amide bonds. The van der Waals surface area contributed by atoms with Gasteiger partial charge in [-0.3, -0.25) is 0 Å². The van der Waals surface area contributed by atoms with Crippen molar-refractivity contribution in [3.8, 4) is 0 Å². The van der Waals surface area contributed by atoms with Gasteiger partial charge >= 0.3 is 0 Å². The largest absolute Gasteiger partial charge is 0.389 e. The van der Waals surface area contributed by atoms with Gasteiger partial charge in [0, 0.05) is 16.0 Å². The zero-order valence-corrected chi connectivity index (χ0v) is 9.66. The number of aliphatic hydroxyl groups excluding tert-OH is 2. The molecule has 78 valence electrons. The number of nitrogens with two attached hydrogens (primary N) is 1. The Bertz CT molecular complexity index is 322. The number of benzene rings is 1. The third-order valence-electron chi connectivity index (χ3n) is 1.88. The topological polar surface area (TPSA) is 66.5 Å². The standard InChI is InChI=1S/C9H11BrClNO2/c10-7-2-1-5(11)3-6(7)9(14)8(13)4-12/h1-3,8-9,13-14H,4,12H2. The van der Waals surface area contributed by atoms with Crippen molar-refractivity contribution < 1.29 is 10.2 Å². The summed E-state index contributed by atoms with van der Waals surface area (Å²) >= 11 is 9.02. The Balaban J connectivity index is 2.99. The van der Waals surface area contributed by atoms with E-state index in [4.69, 9.17) is 17.3 Å². The Labute approximate surface area is 95.6 Å². The van der Waals surface area contributed by atoms with Crippen LogP contribution in [-0.2, 0) is 0 Å². The lowest BCUT2D eigenvalue weighted by Gasteiger charge is -2.17. The maximum atomic E-state index is 9.68. The van der Waals surface area contributed by atoms with Crippen LogP contribution in [0.4, 0.5) is 0 Å². The Morgan fingerprint density at radius 1 is 1.43 bits per heavy atom. The minimum absolute atomic E-state index is 0.000119. The molecule has 1 aromatic carbocycles. The van der Waals surface area contributed by atoms with Crippen LogP contribution in [0.2, 0.25) is 5.02 Å². The van der Waals surface area contributed by atoms with Gasteiger partial charge in [-0.05, 0) is 23.8 Å². The number of rotatable bonds is 3. The van der Waals surface area contributed by atoms with E-state index in [1.165, 1.54) is 0 Å². The first kappa shape index (κ1) is 11.9. The van der Waals surface area contributed by atoms with Gasteiger partial charge in [-0.2, -0.15) is 0 Å². The van der Waals surface area contributed by atoms with Crippen molar-refractivity contribution in [2.24, 2.45) is 5.73 Å². The van der Waals surface area contributed by atoms with E-state index >= 15 is 0 Å². The summed E-state index contributed by atoms with van der Waals surface area (Å²) in [6.07, 6.45) is -2.00. The molecule has 1 rings (SSSR count). The van der Waals surface area contributed by atoms with Gasteiger partial charge in [-0.25, -0.2) is 0 Å². The van der Waals surface area contributed by atoms with Crippen LogP contribution in [0.5, 0.6) is 0 Å². The van der Waals surface area contributed by atoms with Crippen LogP contribution in [0.25, 0.3) is 0 Å². The molecule has 0 radical (unpaired) electrons. The summed E-state index contributed by atoms with van der Waals surface area (Å²) in [5.74, 6) is 0. The zero-order valence-electron chi connectivity index (χ0n) is 7.32. The quantitative estimate of drug-likeness (QED) is 0.785. The van der Waals surface area contributed by atoms with Crippen LogP contribution in [0.1, 0.15) is 11.7 Å². The number of hydrogen-bond donors (Lipinski definition) is 3. The average Bonchev–Trinajstić information content (AvgIpc) is 2.19. The Kier molecular flexibility index (Phi) is 4.34. The molecule has 0 aliphatic carbocycles. The van der Waals surface area contributed by atoms with E-state index in [1.807, 2.05) is 0 Å². The molecule has 2 atom stereocenters. The Morgan fingerprint density at radius 3 is 2.64 bits per heavy atom. The Hall–Kier alpha value is -0.130. The molecule has 0 saturated heterocycles.